The summed E-state index contributed by atoms with van der Waals surface area (Å²) in [5.41, 5.74) is -0.763. The molecule has 0 spiro atoms. The van der Waals surface area contributed by atoms with Crippen LogP contribution in [0, 0.1) is 11.3 Å². The average Bonchev–Trinajstić information content (AvgIpc) is 2.02. The Kier molecular flexibility index (Phi) is 4.11. The first kappa shape index (κ1) is 11.3. The van der Waals surface area contributed by atoms with Gasteiger partial charge in [0.25, 0.3) is 0 Å². The lowest BCUT2D eigenvalue weighted by atomic mass is 10.1. The molecule has 0 bridgehead atoms. The average molecular weight is 186 g/mol. The van der Waals surface area contributed by atoms with Crippen molar-refractivity contribution in [1.82, 2.24) is 5.32 Å². The fraction of sp³-hybridized carbons (Fsp3) is 0.750. The van der Waals surface area contributed by atoms with E-state index in [1.165, 1.54) is 11.8 Å². The number of thioether (sulfide) groups is 1. The molecule has 1 unspecified atom stereocenters. The van der Waals surface area contributed by atoms with Crippen LogP contribution in [0.15, 0.2) is 0 Å². The number of rotatable bonds is 3. The van der Waals surface area contributed by atoms with E-state index in [1.54, 1.807) is 13.8 Å². The molecule has 0 aliphatic heterocycles. The zero-order chi connectivity index (χ0) is 9.78. The first-order valence-electron chi connectivity index (χ1n) is 3.69. The smallest absolute Gasteiger partial charge is 0.234 e. The number of carbonyl (C=O) groups excluding carboxylic acids is 1. The Balaban J connectivity index is 4.12. The molecule has 1 N–H and O–H groups in total. The van der Waals surface area contributed by atoms with Crippen LogP contribution in [0.3, 0.4) is 0 Å². The summed E-state index contributed by atoms with van der Waals surface area (Å²) >= 11 is 1.46. The Morgan fingerprint density at radius 3 is 2.50 bits per heavy atom. The Morgan fingerprint density at radius 1 is 1.67 bits per heavy atom. The van der Waals surface area contributed by atoms with Gasteiger partial charge in [0.2, 0.25) is 5.91 Å². The Labute approximate surface area is 77.5 Å². The molecule has 0 saturated carbocycles. The summed E-state index contributed by atoms with van der Waals surface area (Å²) in [5, 5.41) is 11.2. The van der Waals surface area contributed by atoms with Gasteiger partial charge >= 0.3 is 0 Å². The van der Waals surface area contributed by atoms with Gasteiger partial charge < -0.3 is 5.32 Å². The highest BCUT2D eigenvalue weighted by molar-refractivity contribution is 7.99. The summed E-state index contributed by atoms with van der Waals surface area (Å²) in [6.07, 6.45) is 1.86. The number of hydrogen-bond donors (Lipinski definition) is 1. The lowest BCUT2D eigenvalue weighted by molar-refractivity contribution is -0.121. The van der Waals surface area contributed by atoms with Crippen LogP contribution in [0.4, 0.5) is 0 Å². The first-order chi connectivity index (χ1) is 5.43. The maximum Gasteiger partial charge on any atom is 0.234 e. The SMILES string of the molecule is CSC(C)C(=O)NC(C)(C)C#N. The quantitative estimate of drug-likeness (QED) is 0.719. The van der Waals surface area contributed by atoms with Crippen LogP contribution in [-0.2, 0) is 4.79 Å². The van der Waals surface area contributed by atoms with E-state index < -0.39 is 5.54 Å². The molecule has 12 heavy (non-hydrogen) atoms. The van der Waals surface area contributed by atoms with Crippen LogP contribution in [-0.4, -0.2) is 23.0 Å². The zero-order valence-electron chi connectivity index (χ0n) is 7.84. The van der Waals surface area contributed by atoms with Crippen molar-refractivity contribution in [3.63, 3.8) is 0 Å². The second kappa shape index (κ2) is 4.36. The van der Waals surface area contributed by atoms with Crippen molar-refractivity contribution in [2.45, 2.75) is 31.6 Å². The predicted molar refractivity (Wildman–Crippen MR) is 50.8 cm³/mol. The topological polar surface area (TPSA) is 52.9 Å². The van der Waals surface area contributed by atoms with E-state index in [9.17, 15) is 4.79 Å². The molecular formula is C8H14N2OS. The molecule has 0 radical (unpaired) electrons. The maximum atomic E-state index is 11.3. The zero-order valence-corrected chi connectivity index (χ0v) is 8.66. The van der Waals surface area contributed by atoms with Gasteiger partial charge in [-0.3, -0.25) is 4.79 Å². The van der Waals surface area contributed by atoms with Gasteiger partial charge in [0.1, 0.15) is 5.54 Å². The summed E-state index contributed by atoms with van der Waals surface area (Å²) in [6, 6.07) is 2.01. The van der Waals surface area contributed by atoms with Crippen molar-refractivity contribution in [3.8, 4) is 6.07 Å². The van der Waals surface area contributed by atoms with Crippen LogP contribution in [0.25, 0.3) is 0 Å². The largest absolute Gasteiger partial charge is 0.337 e. The minimum atomic E-state index is -0.763. The van der Waals surface area contributed by atoms with E-state index >= 15 is 0 Å². The van der Waals surface area contributed by atoms with E-state index in [1.807, 2.05) is 19.2 Å². The Morgan fingerprint density at radius 2 is 2.17 bits per heavy atom. The first-order valence-corrected chi connectivity index (χ1v) is 4.98. The minimum Gasteiger partial charge on any atom is -0.337 e. The molecule has 0 aliphatic rings. The summed E-state index contributed by atoms with van der Waals surface area (Å²) in [4.78, 5) is 11.3. The molecule has 0 heterocycles. The van der Waals surface area contributed by atoms with Gasteiger partial charge in [-0.25, -0.2) is 0 Å². The number of nitriles is 1. The molecular weight excluding hydrogens is 172 g/mol. The molecule has 68 valence electrons. The van der Waals surface area contributed by atoms with Gasteiger partial charge in [-0.2, -0.15) is 17.0 Å². The minimum absolute atomic E-state index is 0.0888. The third kappa shape index (κ3) is 3.63. The van der Waals surface area contributed by atoms with Gasteiger partial charge in [-0.15, -0.1) is 0 Å². The normalized spacial score (nSPS) is 13.2. The van der Waals surface area contributed by atoms with Crippen molar-refractivity contribution in [2.24, 2.45) is 0 Å². The Hall–Kier alpha value is -0.690. The summed E-state index contributed by atoms with van der Waals surface area (Å²) < 4.78 is 0. The highest BCUT2D eigenvalue weighted by atomic mass is 32.2. The molecule has 0 aromatic carbocycles. The lowest BCUT2D eigenvalue weighted by Crippen LogP contribution is -2.45. The molecule has 0 aliphatic carbocycles. The van der Waals surface area contributed by atoms with Crippen molar-refractivity contribution in [2.75, 3.05) is 6.26 Å². The standard InChI is InChI=1S/C8H14N2OS/c1-6(12-4)7(11)10-8(2,3)5-9/h6H,1-4H3,(H,10,11). The number of nitrogens with zero attached hydrogens (tertiary/aromatic N) is 1. The fourth-order valence-corrected chi connectivity index (χ4v) is 0.818. The number of carbonyl (C=O) groups is 1. The highest BCUT2D eigenvalue weighted by Gasteiger charge is 2.22. The van der Waals surface area contributed by atoms with Crippen molar-refractivity contribution in [3.05, 3.63) is 0 Å². The van der Waals surface area contributed by atoms with Gasteiger partial charge in [0, 0.05) is 0 Å². The van der Waals surface area contributed by atoms with Crippen LogP contribution >= 0.6 is 11.8 Å². The molecule has 0 fully saturated rings. The number of nitrogens with one attached hydrogen (secondary N) is 1. The van der Waals surface area contributed by atoms with Crippen molar-refractivity contribution < 1.29 is 4.79 Å². The molecule has 0 aromatic heterocycles. The molecule has 1 amide bonds. The van der Waals surface area contributed by atoms with Gasteiger partial charge in [0.15, 0.2) is 0 Å². The number of hydrogen-bond acceptors (Lipinski definition) is 3. The van der Waals surface area contributed by atoms with Crippen LogP contribution in [0.1, 0.15) is 20.8 Å². The summed E-state index contributed by atoms with van der Waals surface area (Å²) in [7, 11) is 0. The summed E-state index contributed by atoms with van der Waals surface area (Å²) in [5.74, 6) is -0.0888. The molecule has 0 aromatic rings. The Bertz CT molecular complexity index is 208. The number of amides is 1. The van der Waals surface area contributed by atoms with E-state index in [0.717, 1.165) is 0 Å². The fourth-order valence-electron chi connectivity index (χ4n) is 0.545. The maximum absolute atomic E-state index is 11.3. The third-order valence-electron chi connectivity index (χ3n) is 1.44. The van der Waals surface area contributed by atoms with E-state index in [-0.39, 0.29) is 11.2 Å². The van der Waals surface area contributed by atoms with Crippen LogP contribution in [0.5, 0.6) is 0 Å². The van der Waals surface area contributed by atoms with Gasteiger partial charge in [0.05, 0.1) is 11.3 Å². The second-order valence-electron chi connectivity index (χ2n) is 3.10. The highest BCUT2D eigenvalue weighted by Crippen LogP contribution is 2.07. The van der Waals surface area contributed by atoms with Gasteiger partial charge in [-0.05, 0) is 27.0 Å². The molecule has 0 rings (SSSR count). The van der Waals surface area contributed by atoms with Crippen LogP contribution < -0.4 is 5.32 Å². The van der Waals surface area contributed by atoms with Crippen molar-refractivity contribution >= 4 is 17.7 Å². The lowest BCUT2D eigenvalue weighted by Gasteiger charge is -2.19. The second-order valence-corrected chi connectivity index (χ2v) is 4.28. The predicted octanol–water partition coefficient (Wildman–Crippen LogP) is 1.16. The van der Waals surface area contributed by atoms with Crippen molar-refractivity contribution in [1.29, 1.82) is 5.26 Å². The van der Waals surface area contributed by atoms with Gasteiger partial charge in [-0.1, -0.05) is 0 Å². The van der Waals surface area contributed by atoms with E-state index in [2.05, 4.69) is 5.32 Å². The summed E-state index contributed by atoms with van der Waals surface area (Å²) in [6.45, 7) is 5.17. The molecule has 4 heteroatoms. The molecule has 3 nitrogen and oxygen atoms in total. The van der Waals surface area contributed by atoms with Crippen LogP contribution in [0.2, 0.25) is 0 Å². The monoisotopic (exact) mass is 186 g/mol. The third-order valence-corrected chi connectivity index (χ3v) is 2.36. The van der Waals surface area contributed by atoms with E-state index in [0.29, 0.717) is 0 Å². The van der Waals surface area contributed by atoms with E-state index in [4.69, 9.17) is 5.26 Å². The molecule has 1 atom stereocenters. The molecule has 0 saturated heterocycles.